The molecule has 6 heterocycles. The molecule has 0 aliphatic heterocycles. The minimum atomic E-state index is -2.92. The van der Waals surface area contributed by atoms with Gasteiger partial charge in [-0.2, -0.15) is 17.6 Å². The molecule has 15 nitrogen and oxygen atoms in total. The number of nitrogens with zero attached hydrogens (tertiary/aromatic N) is 11. The number of carbonyl (C=O) groups excluding carboxylic acids is 1. The first-order chi connectivity index (χ1) is 39.4. The van der Waals surface area contributed by atoms with Crippen LogP contribution >= 0.6 is 15.9 Å². The Balaban J connectivity index is 0.000000116. The van der Waals surface area contributed by atoms with Crippen molar-refractivity contribution >= 4 is 88.4 Å². The second-order valence-electron chi connectivity index (χ2n) is 18.7. The van der Waals surface area contributed by atoms with Gasteiger partial charge < -0.3 is 28.2 Å². The molecular weight excluding hydrogens is 1170 g/mol. The molecule has 28 heteroatoms. The maximum atomic E-state index is 13.8. The Labute approximate surface area is 460 Å². The van der Waals surface area contributed by atoms with Gasteiger partial charge in [0.2, 0.25) is 11.9 Å². The number of aromatic nitrogens is 12. The van der Waals surface area contributed by atoms with Crippen LogP contribution in [0, 0.1) is 34.9 Å². The van der Waals surface area contributed by atoms with Gasteiger partial charge in [-0.3, -0.25) is 9.13 Å². The van der Waals surface area contributed by atoms with E-state index in [0.29, 0.717) is 72.3 Å². The zero-order valence-corrected chi connectivity index (χ0v) is 43.2. The Kier molecular flexibility index (Phi) is 15.1. The van der Waals surface area contributed by atoms with E-state index in [4.69, 9.17) is 4.79 Å². The summed E-state index contributed by atoms with van der Waals surface area (Å²) in [5.41, 5.74) is 7.33. The third-order valence-corrected chi connectivity index (χ3v) is 13.7. The van der Waals surface area contributed by atoms with Crippen molar-refractivity contribution in [2.24, 2.45) is 0 Å². The molecule has 0 amide bonds. The maximum absolute atomic E-state index is 13.8. The quantitative estimate of drug-likeness (QED) is 0.110. The SMILES string of the molecule is FC(F)Oc1ccc2nc[nH]c2c1.Fc1cc2nc(-n3cnc4cc(OC(F)F)ccc43)n(C3CC3)c2cc1F.Fc1cc2nc(-n3cnc4ccccc43)n(C3CC3)c2cc1F.Fc1cc2nc(Br)n(C3CC3)c2cc1F.O=C(F)F. The van der Waals surface area contributed by atoms with E-state index in [-0.39, 0.29) is 23.6 Å². The molecule has 0 unspecified atom stereocenters. The van der Waals surface area contributed by atoms with Crippen molar-refractivity contribution in [1.29, 1.82) is 0 Å². The number of imidazole rings is 6. The van der Waals surface area contributed by atoms with Crippen LogP contribution in [0.25, 0.3) is 78.1 Å². The number of rotatable bonds is 9. The highest BCUT2D eigenvalue weighted by Crippen LogP contribution is 2.43. The highest BCUT2D eigenvalue weighted by atomic mass is 79.9. The summed E-state index contributed by atoms with van der Waals surface area (Å²) in [6, 6.07) is 24.5. The standard InChI is InChI=1S/C18H12F4N4O.C17H12F2N4.C10H7BrF2N2.C8H6F2N2O.CF2O/c19-11-6-14-16(7-12(11)20)26(9-1-2-9)18(24-14)25-8-23-13-5-10(27-17(21)22)3-4-15(13)25;18-11-7-14-16(8-12(11)19)23(10-5-6-10)17(21-14)22-9-20-13-3-1-2-4-15(13)22;11-10-14-8-3-6(12)7(13)4-9(8)15(10)5-1-2-5;9-8(10)13-5-1-2-6-7(3-5)12-4-11-6;2-1(3)4/h3-9,17H,1-2H2;1-4,7-10H,5-6H2;3-5H,1-2H2;1-4,8H,(H,11,12);. The Morgan fingerprint density at radius 2 is 0.915 bits per heavy atom. The number of carbonyl (C=O) groups is 1. The van der Waals surface area contributed by atoms with E-state index in [2.05, 4.69) is 60.3 Å². The topological polar surface area (TPSA) is 153 Å². The molecule has 3 saturated carbocycles. The molecule has 82 heavy (non-hydrogen) atoms. The monoisotopic (exact) mass is 1210 g/mol. The fourth-order valence-electron chi connectivity index (χ4n) is 9.16. The number of halogens is 13. The summed E-state index contributed by atoms with van der Waals surface area (Å²) < 4.78 is 167. The number of benzene rings is 6. The lowest BCUT2D eigenvalue weighted by molar-refractivity contribution is -0.0504. The van der Waals surface area contributed by atoms with Gasteiger partial charge in [-0.05, 0) is 90.9 Å². The van der Waals surface area contributed by atoms with Crippen LogP contribution in [0.5, 0.6) is 11.5 Å². The van der Waals surface area contributed by atoms with Crippen molar-refractivity contribution in [3.05, 3.63) is 156 Å². The first kappa shape index (κ1) is 55.0. The largest absolute Gasteiger partial charge is 0.483 e. The molecule has 6 aromatic heterocycles. The van der Waals surface area contributed by atoms with Crippen molar-refractivity contribution in [2.45, 2.75) is 69.9 Å². The zero-order chi connectivity index (χ0) is 57.7. The van der Waals surface area contributed by atoms with Crippen LogP contribution in [0.15, 0.2) is 121 Å². The summed E-state index contributed by atoms with van der Waals surface area (Å²) >= 11 is 3.31. The molecule has 3 aliphatic carbocycles. The molecule has 0 radical (unpaired) electrons. The Morgan fingerprint density at radius 1 is 0.488 bits per heavy atom. The number of para-hydroxylation sites is 2. The van der Waals surface area contributed by atoms with E-state index in [9.17, 15) is 52.7 Å². The summed E-state index contributed by atoms with van der Waals surface area (Å²) in [4.78, 5) is 36.6. The predicted molar refractivity (Wildman–Crippen MR) is 278 cm³/mol. The molecule has 1 N–H and O–H groups in total. The van der Waals surface area contributed by atoms with Crippen LogP contribution in [0.2, 0.25) is 0 Å². The highest BCUT2D eigenvalue weighted by molar-refractivity contribution is 9.10. The minimum absolute atomic E-state index is 0.00240. The summed E-state index contributed by atoms with van der Waals surface area (Å²) in [6.45, 7) is -5.71. The second kappa shape index (κ2) is 22.5. The third kappa shape index (κ3) is 11.6. The summed E-state index contributed by atoms with van der Waals surface area (Å²) in [5, 5.41) is 0. The van der Waals surface area contributed by atoms with Gasteiger partial charge in [0.15, 0.2) is 39.6 Å². The van der Waals surface area contributed by atoms with Gasteiger partial charge in [0.05, 0.1) is 72.5 Å². The predicted octanol–water partition coefficient (Wildman–Crippen LogP) is 15.2. The van der Waals surface area contributed by atoms with Crippen molar-refractivity contribution in [2.75, 3.05) is 0 Å². The van der Waals surface area contributed by atoms with E-state index in [1.54, 1.807) is 23.0 Å². The molecule has 6 aromatic carbocycles. The van der Waals surface area contributed by atoms with Gasteiger partial charge >= 0.3 is 19.5 Å². The summed E-state index contributed by atoms with van der Waals surface area (Å²) in [7, 11) is 0. The average molecular weight is 1210 g/mol. The van der Waals surface area contributed by atoms with Gasteiger partial charge in [0, 0.05) is 66.7 Å². The first-order valence-corrected chi connectivity index (χ1v) is 25.5. The van der Waals surface area contributed by atoms with E-state index in [1.807, 2.05) is 42.5 Å². The molecule has 0 atom stereocenters. The lowest BCUT2D eigenvalue weighted by atomic mass is 10.3. The van der Waals surface area contributed by atoms with Crippen LogP contribution in [-0.2, 0) is 0 Å². The van der Waals surface area contributed by atoms with E-state index >= 15 is 0 Å². The van der Waals surface area contributed by atoms with E-state index in [1.165, 1.54) is 49.1 Å². The number of nitrogens with one attached hydrogen (secondary N) is 1. The van der Waals surface area contributed by atoms with Gasteiger partial charge in [-0.1, -0.05) is 12.1 Å². The number of alkyl halides is 4. The molecular formula is C54H37BrF12N12O3. The van der Waals surface area contributed by atoms with Crippen molar-refractivity contribution < 1.29 is 67.0 Å². The lowest BCUT2D eigenvalue weighted by Crippen LogP contribution is -2.05. The molecule has 15 rings (SSSR count). The van der Waals surface area contributed by atoms with Crippen molar-refractivity contribution in [3.63, 3.8) is 0 Å². The van der Waals surface area contributed by atoms with E-state index in [0.717, 1.165) is 79.3 Å². The number of H-pyrrole nitrogens is 1. The number of hydrogen-bond donors (Lipinski definition) is 1. The first-order valence-electron chi connectivity index (χ1n) is 24.7. The Hall–Kier alpha value is -8.95. The normalized spacial score (nSPS) is 14.0. The number of ether oxygens (including phenoxy) is 2. The zero-order valence-electron chi connectivity index (χ0n) is 41.7. The highest BCUT2D eigenvalue weighted by Gasteiger charge is 2.32. The maximum Gasteiger partial charge on any atom is 0.483 e. The fraction of sp³-hybridized carbons (Fsp3) is 0.204. The van der Waals surface area contributed by atoms with Gasteiger partial charge in [-0.15, -0.1) is 8.78 Å². The van der Waals surface area contributed by atoms with Gasteiger partial charge in [0.1, 0.15) is 24.2 Å². The van der Waals surface area contributed by atoms with Crippen LogP contribution in [0.4, 0.5) is 57.5 Å². The minimum Gasteiger partial charge on any atom is -0.435 e. The Bertz CT molecular complexity index is 4350. The molecule has 422 valence electrons. The summed E-state index contributed by atoms with van der Waals surface area (Å²) in [6.07, 6.45) is 7.88. The molecule has 3 fully saturated rings. The number of aromatic amines is 1. The molecule has 0 bridgehead atoms. The van der Waals surface area contributed by atoms with Crippen LogP contribution in [0.1, 0.15) is 56.7 Å². The van der Waals surface area contributed by atoms with Crippen LogP contribution < -0.4 is 9.47 Å². The van der Waals surface area contributed by atoms with E-state index < -0.39 is 54.4 Å². The van der Waals surface area contributed by atoms with Crippen molar-refractivity contribution in [3.8, 4) is 23.4 Å². The number of fused-ring (bicyclic) bond motifs is 6. The second-order valence-corrected chi connectivity index (χ2v) is 19.4. The molecule has 0 spiro atoms. The lowest BCUT2D eigenvalue weighted by Gasteiger charge is -2.09. The summed E-state index contributed by atoms with van der Waals surface area (Å²) in [5.74, 6) is -4.02. The number of hydrogen-bond acceptors (Lipinski definition) is 9. The van der Waals surface area contributed by atoms with Crippen LogP contribution in [0.3, 0.4) is 0 Å². The molecule has 3 aliphatic rings. The molecule has 12 aromatic rings. The molecule has 0 saturated heterocycles. The van der Waals surface area contributed by atoms with Crippen LogP contribution in [-0.4, -0.2) is 77.2 Å². The fourth-order valence-corrected chi connectivity index (χ4v) is 9.83. The van der Waals surface area contributed by atoms with Gasteiger partial charge in [0.25, 0.3) is 0 Å². The Morgan fingerprint density at radius 3 is 1.43 bits per heavy atom. The average Bonchev–Trinajstić information content (AvgIpc) is 4.43. The smallest absolute Gasteiger partial charge is 0.435 e. The third-order valence-electron chi connectivity index (χ3n) is 13.1. The van der Waals surface area contributed by atoms with Gasteiger partial charge in [-0.25, -0.2) is 61.0 Å². The van der Waals surface area contributed by atoms with Crippen molar-refractivity contribution in [1.82, 2.24) is 57.7 Å².